The SMILES string of the molecule is CCCNCC1(CN2CC(C)OCC2CC)CCOCC1. The van der Waals surface area contributed by atoms with Crippen LogP contribution >= 0.6 is 0 Å². The van der Waals surface area contributed by atoms with Gasteiger partial charge in [-0.2, -0.15) is 0 Å². The topological polar surface area (TPSA) is 33.7 Å². The molecule has 21 heavy (non-hydrogen) atoms. The van der Waals surface area contributed by atoms with E-state index in [2.05, 4.69) is 31.0 Å². The van der Waals surface area contributed by atoms with Crippen molar-refractivity contribution in [2.75, 3.05) is 46.0 Å². The van der Waals surface area contributed by atoms with Crippen molar-refractivity contribution >= 4 is 0 Å². The highest BCUT2D eigenvalue weighted by Crippen LogP contribution is 2.32. The van der Waals surface area contributed by atoms with Crippen molar-refractivity contribution in [3.8, 4) is 0 Å². The molecule has 0 spiro atoms. The highest BCUT2D eigenvalue weighted by Gasteiger charge is 2.37. The molecular formula is C17H34N2O2. The zero-order chi connectivity index (χ0) is 15.1. The van der Waals surface area contributed by atoms with E-state index in [1.165, 1.54) is 32.2 Å². The monoisotopic (exact) mass is 298 g/mol. The Morgan fingerprint density at radius 2 is 2.00 bits per heavy atom. The van der Waals surface area contributed by atoms with Gasteiger partial charge in [-0.15, -0.1) is 0 Å². The quantitative estimate of drug-likeness (QED) is 0.731. The minimum atomic E-state index is 0.369. The Morgan fingerprint density at radius 3 is 2.67 bits per heavy atom. The van der Waals surface area contributed by atoms with Crippen LogP contribution in [-0.4, -0.2) is 63.0 Å². The maximum absolute atomic E-state index is 5.85. The molecule has 0 aromatic carbocycles. The number of ether oxygens (including phenoxy) is 2. The van der Waals surface area contributed by atoms with Gasteiger partial charge in [-0.3, -0.25) is 4.90 Å². The highest BCUT2D eigenvalue weighted by atomic mass is 16.5. The van der Waals surface area contributed by atoms with Crippen molar-refractivity contribution in [1.82, 2.24) is 10.2 Å². The van der Waals surface area contributed by atoms with Gasteiger partial charge in [0.25, 0.3) is 0 Å². The van der Waals surface area contributed by atoms with Crippen LogP contribution < -0.4 is 5.32 Å². The predicted octanol–water partition coefficient (Wildman–Crippen LogP) is 2.28. The van der Waals surface area contributed by atoms with Gasteiger partial charge in [0.05, 0.1) is 12.7 Å². The molecule has 0 aliphatic carbocycles. The van der Waals surface area contributed by atoms with Crippen LogP contribution in [0.25, 0.3) is 0 Å². The van der Waals surface area contributed by atoms with Crippen molar-refractivity contribution < 1.29 is 9.47 Å². The number of nitrogens with zero attached hydrogens (tertiary/aromatic N) is 1. The van der Waals surface area contributed by atoms with Crippen LogP contribution in [0, 0.1) is 5.41 Å². The summed E-state index contributed by atoms with van der Waals surface area (Å²) in [5, 5.41) is 3.67. The fraction of sp³-hybridized carbons (Fsp3) is 1.00. The van der Waals surface area contributed by atoms with E-state index in [-0.39, 0.29) is 0 Å². The molecule has 2 unspecified atom stereocenters. The van der Waals surface area contributed by atoms with Crippen LogP contribution in [0.15, 0.2) is 0 Å². The molecule has 0 aromatic rings. The van der Waals surface area contributed by atoms with Gasteiger partial charge in [0.15, 0.2) is 0 Å². The Hall–Kier alpha value is -0.160. The van der Waals surface area contributed by atoms with Crippen molar-refractivity contribution in [2.45, 2.75) is 58.6 Å². The average Bonchev–Trinajstić information content (AvgIpc) is 2.49. The molecule has 0 saturated carbocycles. The standard InChI is InChI=1S/C17H34N2O2/c1-4-8-18-13-17(6-9-20-10-7-17)14-19-11-15(3)21-12-16(19)5-2/h15-16,18H,4-14H2,1-3H3. The summed E-state index contributed by atoms with van der Waals surface area (Å²) in [5.41, 5.74) is 0.387. The fourth-order valence-corrected chi connectivity index (χ4v) is 3.64. The summed E-state index contributed by atoms with van der Waals surface area (Å²) in [5.74, 6) is 0. The molecular weight excluding hydrogens is 264 g/mol. The van der Waals surface area contributed by atoms with E-state index in [0.717, 1.165) is 39.5 Å². The summed E-state index contributed by atoms with van der Waals surface area (Å²) in [6.07, 6.45) is 5.13. The van der Waals surface area contributed by atoms with E-state index < -0.39 is 0 Å². The van der Waals surface area contributed by atoms with Crippen LogP contribution in [0.5, 0.6) is 0 Å². The number of hydrogen-bond donors (Lipinski definition) is 1. The van der Waals surface area contributed by atoms with Crippen molar-refractivity contribution in [1.29, 1.82) is 0 Å². The lowest BCUT2D eigenvalue weighted by Gasteiger charge is -2.46. The highest BCUT2D eigenvalue weighted by molar-refractivity contribution is 4.90. The second-order valence-electron chi connectivity index (χ2n) is 6.92. The zero-order valence-corrected chi connectivity index (χ0v) is 14.2. The molecule has 4 heteroatoms. The lowest BCUT2D eigenvalue weighted by Crippen LogP contribution is -2.55. The number of nitrogens with one attached hydrogen (secondary N) is 1. The molecule has 1 N–H and O–H groups in total. The maximum atomic E-state index is 5.85. The number of morpholine rings is 1. The zero-order valence-electron chi connectivity index (χ0n) is 14.2. The van der Waals surface area contributed by atoms with E-state index in [9.17, 15) is 0 Å². The molecule has 2 rings (SSSR count). The summed E-state index contributed by atoms with van der Waals surface area (Å²) in [6, 6.07) is 0.590. The Morgan fingerprint density at radius 1 is 1.24 bits per heavy atom. The summed E-state index contributed by atoms with van der Waals surface area (Å²) in [7, 11) is 0. The average molecular weight is 298 g/mol. The first kappa shape index (κ1) is 17.2. The Labute approximate surface area is 130 Å². The van der Waals surface area contributed by atoms with Gasteiger partial charge in [0, 0.05) is 38.9 Å². The largest absolute Gasteiger partial charge is 0.381 e. The molecule has 2 atom stereocenters. The second kappa shape index (κ2) is 8.47. The van der Waals surface area contributed by atoms with Gasteiger partial charge in [0.1, 0.15) is 0 Å². The van der Waals surface area contributed by atoms with Crippen LogP contribution in [0.1, 0.15) is 46.5 Å². The van der Waals surface area contributed by atoms with Crippen LogP contribution in [0.4, 0.5) is 0 Å². The van der Waals surface area contributed by atoms with Crippen molar-refractivity contribution in [3.05, 3.63) is 0 Å². The van der Waals surface area contributed by atoms with Gasteiger partial charge in [-0.05, 0) is 44.6 Å². The molecule has 0 aromatic heterocycles. The number of hydrogen-bond acceptors (Lipinski definition) is 4. The molecule has 2 aliphatic heterocycles. The summed E-state index contributed by atoms with van der Waals surface area (Å²) < 4.78 is 11.5. The lowest BCUT2D eigenvalue weighted by atomic mass is 9.79. The molecule has 0 radical (unpaired) electrons. The van der Waals surface area contributed by atoms with Gasteiger partial charge >= 0.3 is 0 Å². The van der Waals surface area contributed by atoms with Crippen molar-refractivity contribution in [3.63, 3.8) is 0 Å². The normalized spacial score (nSPS) is 30.4. The fourth-order valence-electron chi connectivity index (χ4n) is 3.64. The van der Waals surface area contributed by atoms with E-state index in [4.69, 9.17) is 9.47 Å². The minimum absolute atomic E-state index is 0.369. The third-order valence-electron chi connectivity index (χ3n) is 5.07. The first-order chi connectivity index (χ1) is 10.2. The molecule has 2 saturated heterocycles. The van der Waals surface area contributed by atoms with Crippen molar-refractivity contribution in [2.24, 2.45) is 5.41 Å². The summed E-state index contributed by atoms with van der Waals surface area (Å²) in [4.78, 5) is 2.69. The van der Waals surface area contributed by atoms with E-state index in [0.29, 0.717) is 17.6 Å². The van der Waals surface area contributed by atoms with Gasteiger partial charge < -0.3 is 14.8 Å². The first-order valence-corrected chi connectivity index (χ1v) is 8.83. The first-order valence-electron chi connectivity index (χ1n) is 8.83. The molecule has 2 heterocycles. The van der Waals surface area contributed by atoms with E-state index in [1.807, 2.05) is 0 Å². The molecule has 0 amide bonds. The Bertz CT molecular complexity index is 293. The second-order valence-corrected chi connectivity index (χ2v) is 6.92. The molecule has 2 fully saturated rings. The van der Waals surface area contributed by atoms with E-state index in [1.54, 1.807) is 0 Å². The smallest absolute Gasteiger partial charge is 0.0674 e. The van der Waals surface area contributed by atoms with Crippen LogP contribution in [-0.2, 0) is 9.47 Å². The molecule has 4 nitrogen and oxygen atoms in total. The van der Waals surface area contributed by atoms with Gasteiger partial charge in [-0.25, -0.2) is 0 Å². The predicted molar refractivity (Wildman–Crippen MR) is 86.7 cm³/mol. The Balaban J connectivity index is 1.98. The van der Waals surface area contributed by atoms with Crippen LogP contribution in [0.2, 0.25) is 0 Å². The molecule has 0 bridgehead atoms. The third kappa shape index (κ3) is 4.92. The molecule has 124 valence electrons. The Kier molecular flexibility index (Phi) is 6.93. The number of rotatable bonds is 7. The third-order valence-corrected chi connectivity index (χ3v) is 5.07. The summed E-state index contributed by atoms with van der Waals surface area (Å²) >= 11 is 0. The van der Waals surface area contributed by atoms with E-state index >= 15 is 0 Å². The van der Waals surface area contributed by atoms with Gasteiger partial charge in [-0.1, -0.05) is 13.8 Å². The van der Waals surface area contributed by atoms with Gasteiger partial charge in [0.2, 0.25) is 0 Å². The van der Waals surface area contributed by atoms with Crippen LogP contribution in [0.3, 0.4) is 0 Å². The minimum Gasteiger partial charge on any atom is -0.381 e. The summed E-state index contributed by atoms with van der Waals surface area (Å²) in [6.45, 7) is 14.0. The molecule has 2 aliphatic rings. The lowest BCUT2D eigenvalue weighted by molar-refractivity contribution is -0.0830. The maximum Gasteiger partial charge on any atom is 0.0674 e.